The molecular weight excluding hydrogens is 574 g/mol. The Morgan fingerprint density at radius 1 is 1.07 bits per heavy atom. The van der Waals surface area contributed by atoms with Crippen molar-refractivity contribution < 1.29 is 32.4 Å². The molecule has 13 heteroatoms. The number of hydrogen-bond acceptors (Lipinski definition) is 7. The molecule has 43 heavy (non-hydrogen) atoms. The predicted molar refractivity (Wildman–Crippen MR) is 164 cm³/mol. The molecule has 0 aromatic carbocycles. The van der Waals surface area contributed by atoms with Crippen LogP contribution in [0.15, 0.2) is 12.7 Å². The van der Waals surface area contributed by atoms with E-state index in [1.54, 1.807) is 20.8 Å². The molecular formula is C30H51N5O7S. The first-order chi connectivity index (χ1) is 19.7. The van der Waals surface area contributed by atoms with E-state index in [-0.39, 0.29) is 42.6 Å². The first kappa shape index (κ1) is 36.4. The zero-order valence-corrected chi connectivity index (χ0v) is 27.9. The Balaban J connectivity index is 2.36. The van der Waals surface area contributed by atoms with E-state index in [4.69, 9.17) is 0 Å². The van der Waals surface area contributed by atoms with Crippen molar-refractivity contribution in [1.29, 1.82) is 0 Å². The zero-order chi connectivity index (χ0) is 33.1. The number of carbonyl (C=O) groups is 5. The largest absolute Gasteiger partial charge is 0.346 e. The number of Topliss-reactive ketones (excluding diaryl/α,β-unsaturated/α-hetero) is 1. The fourth-order valence-corrected chi connectivity index (χ4v) is 6.75. The van der Waals surface area contributed by atoms with Crippen LogP contribution in [0, 0.1) is 28.6 Å². The summed E-state index contributed by atoms with van der Waals surface area (Å²) in [6, 6.07) is -4.11. The molecule has 0 bridgehead atoms. The smallest absolute Gasteiger partial charge is 0.289 e. The third-order valence-corrected chi connectivity index (χ3v) is 9.09. The lowest BCUT2D eigenvalue weighted by atomic mass is 9.84. The van der Waals surface area contributed by atoms with E-state index in [1.165, 1.54) is 11.0 Å². The van der Waals surface area contributed by atoms with Crippen molar-refractivity contribution in [2.45, 2.75) is 98.8 Å². The second-order valence-electron chi connectivity index (χ2n) is 14.0. The maximum atomic E-state index is 14.2. The van der Waals surface area contributed by atoms with Crippen LogP contribution in [0.1, 0.15) is 74.7 Å². The standard InChI is InChI=1S/C30H51N5O7S/c1-11-13-19(23(36)27(39)31-14-12-2)32-26(38)22-21-18(30(21,8)9)16-35(22)28(40)24(29(5,6)7)33-25(37)20(15-17(3)4)34-43(10,41)42/h12,17-22,24,34H,2,11,13-16H2,1,3-10H3,(H,31,39)(H,32,38)(H,33,37)/t18?,19-,20?,21+,22+,24-/m1/s1. The highest BCUT2D eigenvalue weighted by Gasteiger charge is 2.70. The molecule has 1 saturated heterocycles. The molecule has 12 nitrogen and oxygen atoms in total. The van der Waals surface area contributed by atoms with Crippen LogP contribution in [0.4, 0.5) is 0 Å². The molecule has 0 aromatic rings. The number of hydrogen-bond donors (Lipinski definition) is 4. The minimum Gasteiger partial charge on any atom is -0.346 e. The molecule has 0 radical (unpaired) electrons. The van der Waals surface area contributed by atoms with Crippen LogP contribution in [-0.2, 0) is 34.0 Å². The number of nitrogens with one attached hydrogen (secondary N) is 4. The van der Waals surface area contributed by atoms with E-state index in [0.29, 0.717) is 13.0 Å². The van der Waals surface area contributed by atoms with Gasteiger partial charge < -0.3 is 20.9 Å². The van der Waals surface area contributed by atoms with E-state index in [9.17, 15) is 32.4 Å². The summed E-state index contributed by atoms with van der Waals surface area (Å²) in [7, 11) is -3.71. The Morgan fingerprint density at radius 3 is 2.16 bits per heavy atom. The maximum absolute atomic E-state index is 14.2. The number of nitrogens with zero attached hydrogens (tertiary/aromatic N) is 1. The van der Waals surface area contributed by atoms with Crippen LogP contribution in [0.25, 0.3) is 0 Å². The summed E-state index contributed by atoms with van der Waals surface area (Å²) in [6.07, 6.45) is 3.43. The van der Waals surface area contributed by atoms with E-state index in [2.05, 4.69) is 27.3 Å². The Morgan fingerprint density at radius 2 is 1.67 bits per heavy atom. The molecule has 0 spiro atoms. The number of sulfonamides is 1. The van der Waals surface area contributed by atoms with Crippen molar-refractivity contribution in [3.05, 3.63) is 12.7 Å². The first-order valence-electron chi connectivity index (χ1n) is 15.0. The third-order valence-electron chi connectivity index (χ3n) is 8.38. The van der Waals surface area contributed by atoms with Gasteiger partial charge in [-0.25, -0.2) is 13.1 Å². The molecule has 2 aliphatic rings. The SMILES string of the molecule is C=CCNC(=O)C(=O)[C@@H](CCC)NC(=O)[C@@H]1[C@@H]2C(CN1C(=O)[C@@H](NC(=O)C(CC(C)C)NS(C)(=O)=O)C(C)(C)C)C2(C)C. The second-order valence-corrected chi connectivity index (χ2v) is 15.8. The van der Waals surface area contributed by atoms with Gasteiger partial charge in [0.15, 0.2) is 0 Å². The number of carbonyl (C=O) groups excluding carboxylic acids is 5. The summed E-state index contributed by atoms with van der Waals surface area (Å²) in [6.45, 7) is 18.9. The Hall–Kier alpha value is -2.80. The van der Waals surface area contributed by atoms with Crippen LogP contribution >= 0.6 is 0 Å². The minimum absolute atomic E-state index is 0.00702. The van der Waals surface area contributed by atoms with Gasteiger partial charge in [-0.1, -0.05) is 67.9 Å². The van der Waals surface area contributed by atoms with Gasteiger partial charge in [-0.15, -0.1) is 6.58 Å². The first-order valence-corrected chi connectivity index (χ1v) is 16.9. The number of fused-ring (bicyclic) bond motifs is 1. The van der Waals surface area contributed by atoms with Gasteiger partial charge in [-0.05, 0) is 41.4 Å². The summed E-state index contributed by atoms with van der Waals surface area (Å²) in [5, 5.41) is 7.98. The molecule has 2 rings (SSSR count). The van der Waals surface area contributed by atoms with Gasteiger partial charge in [0.2, 0.25) is 33.5 Å². The predicted octanol–water partition coefficient (Wildman–Crippen LogP) is 1.12. The fraction of sp³-hybridized carbons (Fsp3) is 0.767. The second kappa shape index (κ2) is 13.9. The van der Waals surface area contributed by atoms with Crippen LogP contribution < -0.4 is 20.7 Å². The molecule has 0 aromatic heterocycles. The summed E-state index contributed by atoms with van der Waals surface area (Å²) in [5.41, 5.74) is -1.000. The maximum Gasteiger partial charge on any atom is 0.289 e. The van der Waals surface area contributed by atoms with Gasteiger partial charge in [-0.3, -0.25) is 24.0 Å². The van der Waals surface area contributed by atoms with Crippen LogP contribution in [-0.4, -0.2) is 86.2 Å². The quantitative estimate of drug-likeness (QED) is 0.156. The van der Waals surface area contributed by atoms with Gasteiger partial charge in [-0.2, -0.15) is 0 Å². The molecule has 2 unspecified atom stereocenters. The zero-order valence-electron chi connectivity index (χ0n) is 27.1. The van der Waals surface area contributed by atoms with Crippen molar-refractivity contribution in [2.75, 3.05) is 19.3 Å². The molecule has 6 atom stereocenters. The number of amides is 4. The van der Waals surface area contributed by atoms with E-state index in [0.717, 1.165) is 6.26 Å². The topological polar surface area (TPSA) is 171 Å². The normalized spacial score (nSPS) is 23.0. The van der Waals surface area contributed by atoms with Crippen molar-refractivity contribution in [1.82, 2.24) is 25.6 Å². The average Bonchev–Trinajstić information content (AvgIpc) is 3.20. The highest BCUT2D eigenvalue weighted by molar-refractivity contribution is 7.88. The number of ketones is 1. The lowest BCUT2D eigenvalue weighted by Crippen LogP contribution is -2.62. The van der Waals surface area contributed by atoms with Crippen LogP contribution in [0.3, 0.4) is 0 Å². The van der Waals surface area contributed by atoms with E-state index in [1.807, 2.05) is 34.6 Å². The average molecular weight is 626 g/mol. The van der Waals surface area contributed by atoms with E-state index >= 15 is 0 Å². The van der Waals surface area contributed by atoms with Gasteiger partial charge in [0.25, 0.3) is 5.91 Å². The number of likely N-dealkylation sites (tertiary alicyclic amines) is 1. The van der Waals surface area contributed by atoms with Crippen molar-refractivity contribution in [2.24, 2.45) is 28.6 Å². The molecule has 2 fully saturated rings. The minimum atomic E-state index is -3.71. The van der Waals surface area contributed by atoms with Crippen LogP contribution in [0.2, 0.25) is 0 Å². The van der Waals surface area contributed by atoms with Gasteiger partial charge in [0, 0.05) is 13.1 Å². The Bertz CT molecular complexity index is 1210. The summed E-state index contributed by atoms with van der Waals surface area (Å²) in [5.74, 6) is -3.34. The molecule has 4 N–H and O–H groups in total. The third kappa shape index (κ3) is 9.10. The van der Waals surface area contributed by atoms with Gasteiger partial charge in [0.1, 0.15) is 18.1 Å². The Labute approximate surface area is 256 Å². The molecule has 1 aliphatic heterocycles. The monoisotopic (exact) mass is 625 g/mol. The summed E-state index contributed by atoms with van der Waals surface area (Å²) >= 11 is 0. The van der Waals surface area contributed by atoms with Crippen molar-refractivity contribution >= 4 is 39.4 Å². The lowest BCUT2D eigenvalue weighted by Gasteiger charge is -2.38. The van der Waals surface area contributed by atoms with Crippen molar-refractivity contribution in [3.8, 4) is 0 Å². The van der Waals surface area contributed by atoms with Gasteiger partial charge >= 0.3 is 0 Å². The highest BCUT2D eigenvalue weighted by Crippen LogP contribution is 2.65. The molecule has 4 amide bonds. The van der Waals surface area contributed by atoms with E-state index < -0.39 is 69.0 Å². The van der Waals surface area contributed by atoms with Crippen LogP contribution in [0.5, 0.6) is 0 Å². The summed E-state index contributed by atoms with van der Waals surface area (Å²) in [4.78, 5) is 68.1. The number of piperidine rings is 1. The highest BCUT2D eigenvalue weighted by atomic mass is 32.2. The van der Waals surface area contributed by atoms with Gasteiger partial charge in [0.05, 0.1) is 12.3 Å². The fourth-order valence-electron chi connectivity index (χ4n) is 6.03. The molecule has 1 aliphatic carbocycles. The van der Waals surface area contributed by atoms with Crippen molar-refractivity contribution in [3.63, 3.8) is 0 Å². The lowest BCUT2D eigenvalue weighted by molar-refractivity contribution is -0.146. The molecule has 1 saturated carbocycles. The molecule has 1 heterocycles. The summed E-state index contributed by atoms with van der Waals surface area (Å²) < 4.78 is 26.3. The number of rotatable bonds is 15. The Kier molecular flexibility index (Phi) is 11.7. The molecule has 244 valence electrons.